The van der Waals surface area contributed by atoms with Crippen LogP contribution in [0.5, 0.6) is 0 Å². The van der Waals surface area contributed by atoms with Crippen LogP contribution in [0.3, 0.4) is 0 Å². The van der Waals surface area contributed by atoms with Crippen molar-refractivity contribution in [2.75, 3.05) is 31.3 Å². The molecule has 0 N–H and O–H groups in total. The highest BCUT2D eigenvalue weighted by Gasteiger charge is 2.50. The Kier molecular flexibility index (Phi) is 5.87. The molecule has 7 heteroatoms. The number of ketones is 1. The van der Waals surface area contributed by atoms with Gasteiger partial charge in [0.25, 0.3) is 0 Å². The van der Waals surface area contributed by atoms with E-state index in [1.807, 2.05) is 47.5 Å². The van der Waals surface area contributed by atoms with Gasteiger partial charge in [0.2, 0.25) is 0 Å². The molecule has 2 aromatic carbocycles. The third-order valence-corrected chi connectivity index (χ3v) is 6.87. The van der Waals surface area contributed by atoms with Crippen LogP contribution in [-0.2, 0) is 16.0 Å². The molecule has 2 aliphatic rings. The van der Waals surface area contributed by atoms with E-state index in [2.05, 4.69) is 33.0 Å². The van der Waals surface area contributed by atoms with E-state index in [1.165, 1.54) is 5.56 Å². The normalized spacial score (nSPS) is 22.9. The molecule has 0 unspecified atom stereocenters. The lowest BCUT2D eigenvalue weighted by molar-refractivity contribution is -0.110. The van der Waals surface area contributed by atoms with Crippen molar-refractivity contribution in [1.29, 1.82) is 0 Å². The molecule has 1 fully saturated rings. The molecule has 2 heterocycles. The fourth-order valence-corrected chi connectivity index (χ4v) is 5.41. The van der Waals surface area contributed by atoms with Crippen LogP contribution >= 0.6 is 27.7 Å². The maximum absolute atomic E-state index is 12.3. The average Bonchev–Trinajstić information content (AvgIpc) is 3.10. The molecule has 2 aromatic rings. The van der Waals surface area contributed by atoms with Crippen LogP contribution in [-0.4, -0.2) is 47.0 Å². The van der Waals surface area contributed by atoms with Crippen molar-refractivity contribution in [3.63, 3.8) is 0 Å². The summed E-state index contributed by atoms with van der Waals surface area (Å²) in [5.74, 6) is -0.00434. The number of rotatable bonds is 5. The first-order valence-corrected chi connectivity index (χ1v) is 10.9. The number of para-hydroxylation sites is 1. The van der Waals surface area contributed by atoms with Gasteiger partial charge in [0, 0.05) is 30.9 Å². The number of carbonyl (C=O) groups excluding carboxylic acids is 1. The summed E-state index contributed by atoms with van der Waals surface area (Å²) < 4.78 is 6.65. The van der Waals surface area contributed by atoms with Crippen LogP contribution < -0.4 is 5.01 Å². The predicted molar refractivity (Wildman–Crippen MR) is 118 cm³/mol. The van der Waals surface area contributed by atoms with Crippen LogP contribution in [0.4, 0.5) is 5.69 Å². The van der Waals surface area contributed by atoms with E-state index < -0.39 is 4.99 Å². The second-order valence-corrected chi connectivity index (χ2v) is 9.02. The minimum atomic E-state index is -0.507. The lowest BCUT2D eigenvalue weighted by Crippen LogP contribution is -2.59. The van der Waals surface area contributed by atoms with E-state index in [0.717, 1.165) is 29.7 Å². The average molecular weight is 460 g/mol. The number of hydrogen-bond acceptors (Lipinski definition) is 6. The topological polar surface area (TPSA) is 45.1 Å². The monoisotopic (exact) mass is 459 g/mol. The zero-order chi connectivity index (χ0) is 19.6. The Morgan fingerprint density at radius 3 is 2.61 bits per heavy atom. The van der Waals surface area contributed by atoms with Crippen molar-refractivity contribution in [2.24, 2.45) is 5.10 Å². The van der Waals surface area contributed by atoms with Crippen molar-refractivity contribution >= 4 is 44.2 Å². The highest BCUT2D eigenvalue weighted by atomic mass is 79.9. The standard InChI is InChI=1S/C21H22BrN3O2S/c1-16(26)20-23-25(19-8-3-2-4-9-19)21(28-20,24-10-12-27-13-11-24)15-17-6-5-7-18(22)14-17/h2-9,14H,10-13,15H2,1H3/t21-/m1/s1. The summed E-state index contributed by atoms with van der Waals surface area (Å²) in [6.07, 6.45) is 0.728. The van der Waals surface area contributed by atoms with Crippen LogP contribution in [0.25, 0.3) is 0 Å². The van der Waals surface area contributed by atoms with Gasteiger partial charge in [-0.3, -0.25) is 9.69 Å². The maximum atomic E-state index is 12.3. The third kappa shape index (κ3) is 3.89. The Labute approximate surface area is 177 Å². The summed E-state index contributed by atoms with van der Waals surface area (Å²) in [5.41, 5.74) is 2.17. The number of benzene rings is 2. The van der Waals surface area contributed by atoms with Gasteiger partial charge in [0.05, 0.1) is 18.9 Å². The molecule has 0 aliphatic carbocycles. The number of carbonyl (C=O) groups is 1. The van der Waals surface area contributed by atoms with Gasteiger partial charge < -0.3 is 4.74 Å². The number of thioether (sulfide) groups is 1. The smallest absolute Gasteiger partial charge is 0.186 e. The molecule has 4 rings (SSSR count). The molecule has 1 atom stereocenters. The zero-order valence-corrected chi connectivity index (χ0v) is 18.1. The Bertz CT molecular complexity index is 886. The summed E-state index contributed by atoms with van der Waals surface area (Å²) in [5, 5.41) is 7.35. The first-order chi connectivity index (χ1) is 13.6. The SMILES string of the molecule is CC(=O)C1=NN(c2ccccc2)[C@@](Cc2cccc(Br)c2)(N2CCOCC2)S1. The van der Waals surface area contributed by atoms with Crippen molar-refractivity contribution in [3.05, 3.63) is 64.6 Å². The largest absolute Gasteiger partial charge is 0.379 e. The Morgan fingerprint density at radius 2 is 1.93 bits per heavy atom. The fourth-order valence-electron chi connectivity index (χ4n) is 3.61. The Hall–Kier alpha value is -1.67. The van der Waals surface area contributed by atoms with Gasteiger partial charge in [-0.15, -0.1) is 0 Å². The molecule has 0 saturated carbocycles. The molecule has 0 spiro atoms. The van der Waals surface area contributed by atoms with Crippen molar-refractivity contribution in [1.82, 2.24) is 4.90 Å². The number of ether oxygens (including phenoxy) is 1. The summed E-state index contributed by atoms with van der Waals surface area (Å²) in [6.45, 7) is 4.54. The molecule has 0 aromatic heterocycles. The molecule has 28 heavy (non-hydrogen) atoms. The second-order valence-electron chi connectivity index (χ2n) is 6.86. The van der Waals surface area contributed by atoms with Crippen LogP contribution in [0.15, 0.2) is 64.2 Å². The van der Waals surface area contributed by atoms with Crippen molar-refractivity contribution in [3.8, 4) is 0 Å². The summed E-state index contributed by atoms with van der Waals surface area (Å²) >= 11 is 5.14. The molecular weight excluding hydrogens is 438 g/mol. The summed E-state index contributed by atoms with van der Waals surface area (Å²) in [6, 6.07) is 18.4. The number of halogens is 1. The van der Waals surface area contributed by atoms with E-state index in [-0.39, 0.29) is 5.78 Å². The maximum Gasteiger partial charge on any atom is 0.186 e. The van der Waals surface area contributed by atoms with Crippen molar-refractivity contribution in [2.45, 2.75) is 18.3 Å². The van der Waals surface area contributed by atoms with Crippen LogP contribution in [0.1, 0.15) is 12.5 Å². The highest BCUT2D eigenvalue weighted by Crippen LogP contribution is 2.46. The molecular formula is C21H22BrN3O2S. The van der Waals surface area contributed by atoms with Gasteiger partial charge in [-0.05, 0) is 29.8 Å². The Balaban J connectivity index is 1.81. The van der Waals surface area contributed by atoms with E-state index >= 15 is 0 Å². The van der Waals surface area contributed by atoms with Gasteiger partial charge in [-0.2, -0.15) is 5.10 Å². The number of anilines is 1. The lowest BCUT2D eigenvalue weighted by Gasteiger charge is -2.46. The number of Topliss-reactive ketones (excluding diaryl/α,β-unsaturated/α-hetero) is 1. The zero-order valence-electron chi connectivity index (χ0n) is 15.7. The summed E-state index contributed by atoms with van der Waals surface area (Å²) in [4.78, 5) is 14.2. The molecule has 0 bridgehead atoms. The molecule has 0 radical (unpaired) electrons. The number of morpholine rings is 1. The molecule has 1 saturated heterocycles. The predicted octanol–water partition coefficient (Wildman–Crippen LogP) is 4.13. The van der Waals surface area contributed by atoms with Gasteiger partial charge in [0.15, 0.2) is 15.8 Å². The lowest BCUT2D eigenvalue weighted by atomic mass is 10.1. The van der Waals surface area contributed by atoms with Crippen LogP contribution in [0.2, 0.25) is 0 Å². The van der Waals surface area contributed by atoms with Gasteiger partial charge in [-0.25, -0.2) is 5.01 Å². The fraction of sp³-hybridized carbons (Fsp3) is 0.333. The quantitative estimate of drug-likeness (QED) is 0.672. The summed E-state index contributed by atoms with van der Waals surface area (Å²) in [7, 11) is 0. The van der Waals surface area contributed by atoms with E-state index in [0.29, 0.717) is 18.3 Å². The highest BCUT2D eigenvalue weighted by molar-refractivity contribution is 9.10. The number of hydrogen-bond donors (Lipinski definition) is 0. The van der Waals surface area contributed by atoms with Crippen molar-refractivity contribution < 1.29 is 9.53 Å². The van der Waals surface area contributed by atoms with Crippen LogP contribution in [0, 0.1) is 0 Å². The van der Waals surface area contributed by atoms with Gasteiger partial charge in [-0.1, -0.05) is 58.0 Å². The third-order valence-electron chi connectivity index (χ3n) is 4.91. The minimum absolute atomic E-state index is 0.00434. The molecule has 146 valence electrons. The van der Waals surface area contributed by atoms with Gasteiger partial charge in [0.1, 0.15) is 0 Å². The minimum Gasteiger partial charge on any atom is -0.379 e. The molecule has 5 nitrogen and oxygen atoms in total. The van der Waals surface area contributed by atoms with E-state index in [1.54, 1.807) is 18.7 Å². The number of hydrazone groups is 1. The van der Waals surface area contributed by atoms with E-state index in [4.69, 9.17) is 9.84 Å². The first kappa shape index (κ1) is 19.6. The second kappa shape index (κ2) is 8.37. The van der Waals surface area contributed by atoms with Gasteiger partial charge >= 0.3 is 0 Å². The molecule has 2 aliphatic heterocycles. The molecule has 0 amide bonds. The number of nitrogens with zero attached hydrogens (tertiary/aromatic N) is 3. The first-order valence-electron chi connectivity index (χ1n) is 9.29. The van der Waals surface area contributed by atoms with E-state index in [9.17, 15) is 4.79 Å². The Morgan fingerprint density at radius 1 is 1.18 bits per heavy atom.